The fraction of sp³-hybridized carbons (Fsp3) is 0.256. The van der Waals surface area contributed by atoms with Crippen LogP contribution in [0.4, 0.5) is 22.7 Å². The molecule has 0 amide bonds. The fourth-order valence-corrected chi connectivity index (χ4v) is 6.05. The molecule has 0 radical (unpaired) electrons. The van der Waals surface area contributed by atoms with Crippen LogP contribution in [0.1, 0.15) is 19.8 Å². The first kappa shape index (κ1) is 36.9. The number of hydrogen-bond donors (Lipinski definition) is 4. The summed E-state index contributed by atoms with van der Waals surface area (Å²) in [7, 11) is 6.64. The number of hydrogen-bond acceptors (Lipinski definition) is 10. The minimum Gasteiger partial charge on any atom is -0.497 e. The van der Waals surface area contributed by atoms with Gasteiger partial charge in [-0.3, -0.25) is 0 Å². The van der Waals surface area contributed by atoms with Gasteiger partial charge in [0.15, 0.2) is 11.4 Å². The number of methoxy groups -OCH3 is 4. The molecule has 4 aromatic carbocycles. The summed E-state index contributed by atoms with van der Waals surface area (Å²) >= 11 is 0. The second kappa shape index (κ2) is 17.1. The van der Waals surface area contributed by atoms with Gasteiger partial charge in [-0.1, -0.05) is 12.2 Å². The molecule has 4 N–H and O–H groups in total. The van der Waals surface area contributed by atoms with Gasteiger partial charge in [0.05, 0.1) is 41.2 Å². The van der Waals surface area contributed by atoms with Gasteiger partial charge in [0.25, 0.3) is 0 Å². The molecule has 4 aromatic rings. The normalized spacial score (nSPS) is 19.6. The zero-order valence-corrected chi connectivity index (χ0v) is 30.8. The molecule has 0 spiro atoms. The summed E-state index contributed by atoms with van der Waals surface area (Å²) in [5.74, 6) is 3.18. The molecule has 53 heavy (non-hydrogen) atoms. The zero-order valence-electron chi connectivity index (χ0n) is 30.8. The molecule has 2 aliphatic rings. The molecule has 3 unspecified atom stereocenters. The van der Waals surface area contributed by atoms with E-state index in [4.69, 9.17) is 28.4 Å². The van der Waals surface area contributed by atoms with Crippen LogP contribution in [0.3, 0.4) is 0 Å². The van der Waals surface area contributed by atoms with E-state index in [9.17, 15) is 0 Å². The van der Waals surface area contributed by atoms with E-state index in [0.29, 0.717) is 19.4 Å². The fourth-order valence-electron chi connectivity index (χ4n) is 6.05. The second-order valence-electron chi connectivity index (χ2n) is 12.8. The maximum Gasteiger partial charge on any atom is 0.162 e. The van der Waals surface area contributed by atoms with Crippen molar-refractivity contribution < 1.29 is 28.4 Å². The summed E-state index contributed by atoms with van der Waals surface area (Å²) < 4.78 is 35.0. The highest BCUT2D eigenvalue weighted by atomic mass is 16.6. The highest BCUT2D eigenvalue weighted by Gasteiger charge is 2.34. The molecule has 10 heteroatoms. The van der Waals surface area contributed by atoms with Crippen molar-refractivity contribution in [1.82, 2.24) is 0 Å². The Morgan fingerprint density at radius 2 is 0.868 bits per heavy atom. The zero-order chi connectivity index (χ0) is 37.1. The molecule has 10 nitrogen and oxygen atoms in total. The molecule has 0 saturated carbocycles. The third-order valence-corrected chi connectivity index (χ3v) is 8.95. The van der Waals surface area contributed by atoms with E-state index in [1.165, 1.54) is 0 Å². The first-order valence-electron chi connectivity index (χ1n) is 17.6. The van der Waals surface area contributed by atoms with Crippen molar-refractivity contribution in [2.24, 2.45) is 0 Å². The molecule has 0 fully saturated rings. The number of anilines is 4. The smallest absolute Gasteiger partial charge is 0.162 e. The lowest BCUT2D eigenvalue weighted by Crippen LogP contribution is -2.46. The number of rotatable bonds is 17. The van der Waals surface area contributed by atoms with Crippen LogP contribution < -0.4 is 40.2 Å². The summed E-state index contributed by atoms with van der Waals surface area (Å²) in [6, 6.07) is 31.3. The third kappa shape index (κ3) is 9.94. The van der Waals surface area contributed by atoms with Gasteiger partial charge in [0.2, 0.25) is 0 Å². The van der Waals surface area contributed by atoms with Crippen LogP contribution in [0, 0.1) is 0 Å². The van der Waals surface area contributed by atoms with Gasteiger partial charge < -0.3 is 49.7 Å². The average Bonchev–Trinajstić information content (AvgIpc) is 3.20. The summed E-state index contributed by atoms with van der Waals surface area (Å²) in [5, 5.41) is 14.2. The van der Waals surface area contributed by atoms with Gasteiger partial charge >= 0.3 is 0 Å². The molecule has 2 aliphatic carbocycles. The number of benzene rings is 4. The van der Waals surface area contributed by atoms with Crippen LogP contribution in [0.2, 0.25) is 0 Å². The molecule has 0 saturated heterocycles. The van der Waals surface area contributed by atoms with Crippen LogP contribution in [0.25, 0.3) is 0 Å². The van der Waals surface area contributed by atoms with Crippen LogP contribution >= 0.6 is 0 Å². The van der Waals surface area contributed by atoms with Crippen molar-refractivity contribution in [2.45, 2.75) is 37.3 Å². The molecule has 3 atom stereocenters. The van der Waals surface area contributed by atoms with Gasteiger partial charge in [-0.05, 0) is 128 Å². The van der Waals surface area contributed by atoms with Gasteiger partial charge in [0.1, 0.15) is 23.0 Å². The molecule has 276 valence electrons. The summed E-state index contributed by atoms with van der Waals surface area (Å²) in [6.45, 7) is 2.34. The van der Waals surface area contributed by atoms with Crippen molar-refractivity contribution in [3.8, 4) is 23.0 Å². The van der Waals surface area contributed by atoms with E-state index in [1.54, 1.807) is 28.4 Å². The largest absolute Gasteiger partial charge is 0.497 e. The molecule has 0 heterocycles. The van der Waals surface area contributed by atoms with Crippen LogP contribution in [0.15, 0.2) is 145 Å². The quantitative estimate of drug-likeness (QED) is 0.0792. The maximum absolute atomic E-state index is 6.85. The van der Waals surface area contributed by atoms with Crippen LogP contribution in [-0.2, 0) is 9.47 Å². The SMILES string of the molecule is COc1ccc(NC2=CCC(Nc3ccc(OC)cc3)(OCC(C)OC3(Nc4ccc(OC)cc4)C=CC(Nc4ccc(OC)cc4)=CC3)C=C2)cc1. The summed E-state index contributed by atoms with van der Waals surface area (Å²) in [5.41, 5.74) is 4.00. The van der Waals surface area contributed by atoms with Crippen molar-refractivity contribution in [1.29, 1.82) is 0 Å². The molecule has 0 bridgehead atoms. The molecule has 0 aromatic heterocycles. The third-order valence-electron chi connectivity index (χ3n) is 8.95. The Labute approximate surface area is 312 Å². The predicted octanol–water partition coefficient (Wildman–Crippen LogP) is 8.97. The van der Waals surface area contributed by atoms with Crippen molar-refractivity contribution in [2.75, 3.05) is 56.3 Å². The Hall–Kier alpha value is -5.84. The number of nitrogens with one attached hydrogen (secondary N) is 4. The van der Waals surface area contributed by atoms with Crippen molar-refractivity contribution in [3.63, 3.8) is 0 Å². The lowest BCUT2D eigenvalue weighted by Gasteiger charge is -2.39. The van der Waals surface area contributed by atoms with E-state index in [0.717, 1.165) is 57.1 Å². The summed E-state index contributed by atoms with van der Waals surface area (Å²) in [4.78, 5) is 0. The van der Waals surface area contributed by atoms with E-state index in [2.05, 4.69) is 45.6 Å². The highest BCUT2D eigenvalue weighted by Crippen LogP contribution is 2.33. The Balaban J connectivity index is 1.17. The monoisotopic (exact) mass is 716 g/mol. The molecule has 6 rings (SSSR count). The van der Waals surface area contributed by atoms with Crippen molar-refractivity contribution >= 4 is 22.7 Å². The maximum atomic E-state index is 6.85. The Morgan fingerprint density at radius 3 is 1.23 bits per heavy atom. The first-order chi connectivity index (χ1) is 25.8. The number of allylic oxidation sites excluding steroid dienone is 2. The first-order valence-corrected chi connectivity index (χ1v) is 17.6. The Bertz CT molecular complexity index is 1910. The van der Waals surface area contributed by atoms with Gasteiger partial charge in [-0.2, -0.15) is 0 Å². The lowest BCUT2D eigenvalue weighted by molar-refractivity contribution is -0.0985. The Morgan fingerprint density at radius 1 is 0.509 bits per heavy atom. The average molecular weight is 717 g/mol. The van der Waals surface area contributed by atoms with Crippen molar-refractivity contribution in [3.05, 3.63) is 145 Å². The highest BCUT2D eigenvalue weighted by molar-refractivity contribution is 5.57. The van der Waals surface area contributed by atoms with Gasteiger partial charge in [-0.15, -0.1) is 0 Å². The van der Waals surface area contributed by atoms with Crippen LogP contribution in [-0.4, -0.2) is 52.6 Å². The standard InChI is InChI=1S/C43H48N4O6/c1-31(53-43(47-37-12-20-41(51-5)21-13-37)28-24-35(25-29-43)45-33-8-16-39(49-3)17-9-33)30-52-42(46-36-10-18-40(50-4)19-11-36)26-22-34(23-27-42)44-32-6-14-38(48-2)15-7-32/h6-26,28,31,44-47H,27,29-30H2,1-5H3. The lowest BCUT2D eigenvalue weighted by atomic mass is 10.0. The van der Waals surface area contributed by atoms with E-state index in [-0.39, 0.29) is 6.10 Å². The topological polar surface area (TPSA) is 104 Å². The molecule has 0 aliphatic heterocycles. The van der Waals surface area contributed by atoms with Gasteiger partial charge in [0, 0.05) is 47.0 Å². The molecular weight excluding hydrogens is 668 g/mol. The summed E-state index contributed by atoms with van der Waals surface area (Å²) in [6.07, 6.45) is 13.3. The van der Waals surface area contributed by atoms with E-state index >= 15 is 0 Å². The molecular formula is C43H48N4O6. The Kier molecular flexibility index (Phi) is 11.9. The minimum atomic E-state index is -0.837. The number of ether oxygens (including phenoxy) is 6. The van der Waals surface area contributed by atoms with E-state index < -0.39 is 11.4 Å². The van der Waals surface area contributed by atoms with E-state index in [1.807, 2.05) is 116 Å². The van der Waals surface area contributed by atoms with Crippen LogP contribution in [0.5, 0.6) is 23.0 Å². The minimum absolute atomic E-state index is 0.305. The second-order valence-corrected chi connectivity index (χ2v) is 12.8. The predicted molar refractivity (Wildman–Crippen MR) is 212 cm³/mol. The van der Waals surface area contributed by atoms with Gasteiger partial charge in [-0.25, -0.2) is 0 Å².